The Morgan fingerprint density at radius 2 is 2.15 bits per heavy atom. The second kappa shape index (κ2) is 5.28. The van der Waals surface area contributed by atoms with Gasteiger partial charge < -0.3 is 9.64 Å². The SMILES string of the molecule is CCOC(=O)C1(C)CC2(CCCC2=O)C(CN(C)C)=N1. The molecule has 1 fully saturated rings. The molecule has 0 aromatic heterocycles. The van der Waals surface area contributed by atoms with Crippen LogP contribution in [0, 0.1) is 5.41 Å². The van der Waals surface area contributed by atoms with Crippen LogP contribution in [-0.4, -0.2) is 55.2 Å². The minimum absolute atomic E-state index is 0.242. The number of Topliss-reactive ketones (excluding diaryl/α,β-unsaturated/α-hetero) is 1. The summed E-state index contributed by atoms with van der Waals surface area (Å²) in [5.74, 6) is -0.0704. The predicted octanol–water partition coefficient (Wildman–Crippen LogP) is 1.45. The Morgan fingerprint density at radius 1 is 1.45 bits per heavy atom. The van der Waals surface area contributed by atoms with Crippen LogP contribution in [0.25, 0.3) is 0 Å². The Labute approximate surface area is 120 Å². The van der Waals surface area contributed by atoms with E-state index in [0.717, 1.165) is 18.6 Å². The molecule has 2 aliphatic rings. The molecular weight excluding hydrogens is 256 g/mol. The van der Waals surface area contributed by atoms with Crippen LogP contribution >= 0.6 is 0 Å². The summed E-state index contributed by atoms with van der Waals surface area (Å²) in [6.07, 6.45) is 2.78. The lowest BCUT2D eigenvalue weighted by atomic mass is 9.74. The number of carbonyl (C=O) groups excluding carboxylic acids is 2. The van der Waals surface area contributed by atoms with Crippen LogP contribution in [0.15, 0.2) is 4.99 Å². The molecule has 0 aromatic carbocycles. The third-order valence-corrected chi connectivity index (χ3v) is 4.30. The second-order valence-electron chi connectivity index (χ2n) is 6.33. The molecule has 5 heteroatoms. The van der Waals surface area contributed by atoms with Crippen molar-refractivity contribution in [3.8, 4) is 0 Å². The molecule has 112 valence electrons. The normalized spacial score (nSPS) is 33.0. The largest absolute Gasteiger partial charge is 0.464 e. The zero-order chi connectivity index (χ0) is 15.0. The van der Waals surface area contributed by atoms with Crippen molar-refractivity contribution in [3.63, 3.8) is 0 Å². The molecular formula is C15H24N2O3. The molecule has 1 spiro atoms. The first kappa shape index (κ1) is 15.2. The van der Waals surface area contributed by atoms with Crippen LogP contribution in [0.3, 0.4) is 0 Å². The van der Waals surface area contributed by atoms with Crippen molar-refractivity contribution in [2.75, 3.05) is 27.2 Å². The van der Waals surface area contributed by atoms with Gasteiger partial charge in [-0.05, 0) is 40.8 Å². The summed E-state index contributed by atoms with van der Waals surface area (Å²) in [4.78, 5) is 31.2. The van der Waals surface area contributed by atoms with Crippen LogP contribution in [0.2, 0.25) is 0 Å². The van der Waals surface area contributed by atoms with E-state index in [0.29, 0.717) is 26.0 Å². The highest BCUT2D eigenvalue weighted by Gasteiger charge is 2.57. The topological polar surface area (TPSA) is 59.0 Å². The van der Waals surface area contributed by atoms with E-state index in [2.05, 4.69) is 4.99 Å². The molecule has 0 N–H and O–H groups in total. The van der Waals surface area contributed by atoms with Crippen LogP contribution in [0.5, 0.6) is 0 Å². The monoisotopic (exact) mass is 280 g/mol. The first-order valence-electron chi connectivity index (χ1n) is 7.28. The van der Waals surface area contributed by atoms with Gasteiger partial charge >= 0.3 is 5.97 Å². The molecule has 0 radical (unpaired) electrons. The van der Waals surface area contributed by atoms with Crippen LogP contribution in [0.1, 0.15) is 39.5 Å². The average Bonchev–Trinajstić information content (AvgIpc) is 2.83. The summed E-state index contributed by atoms with van der Waals surface area (Å²) in [5.41, 5.74) is -0.562. The average molecular weight is 280 g/mol. The van der Waals surface area contributed by atoms with Crippen molar-refractivity contribution in [2.24, 2.45) is 10.4 Å². The zero-order valence-electron chi connectivity index (χ0n) is 12.9. The fourth-order valence-corrected chi connectivity index (χ4v) is 3.45. The molecule has 1 saturated carbocycles. The molecule has 2 rings (SSSR count). The number of rotatable bonds is 4. The number of nitrogens with zero attached hydrogens (tertiary/aromatic N) is 2. The number of carbonyl (C=O) groups is 2. The fourth-order valence-electron chi connectivity index (χ4n) is 3.45. The zero-order valence-corrected chi connectivity index (χ0v) is 12.9. The maximum absolute atomic E-state index is 12.4. The molecule has 0 saturated heterocycles. The van der Waals surface area contributed by atoms with E-state index in [1.807, 2.05) is 19.0 Å². The number of esters is 1. The van der Waals surface area contributed by atoms with Gasteiger partial charge in [0.25, 0.3) is 0 Å². The van der Waals surface area contributed by atoms with Gasteiger partial charge in [0.1, 0.15) is 5.78 Å². The van der Waals surface area contributed by atoms with E-state index in [4.69, 9.17) is 4.74 Å². The van der Waals surface area contributed by atoms with Gasteiger partial charge in [0.05, 0.1) is 12.0 Å². The van der Waals surface area contributed by atoms with Crippen molar-refractivity contribution in [3.05, 3.63) is 0 Å². The van der Waals surface area contributed by atoms with Crippen molar-refractivity contribution in [1.82, 2.24) is 4.90 Å². The number of hydrogen-bond donors (Lipinski definition) is 0. The molecule has 0 bridgehead atoms. The van der Waals surface area contributed by atoms with E-state index in [1.165, 1.54) is 0 Å². The first-order chi connectivity index (χ1) is 9.34. The van der Waals surface area contributed by atoms with Gasteiger partial charge in [0.15, 0.2) is 5.54 Å². The Kier molecular flexibility index (Phi) is 4.00. The lowest BCUT2D eigenvalue weighted by Crippen LogP contribution is -2.41. The molecule has 2 atom stereocenters. The second-order valence-corrected chi connectivity index (χ2v) is 6.33. The molecule has 0 aromatic rings. The van der Waals surface area contributed by atoms with Gasteiger partial charge in [0.2, 0.25) is 0 Å². The predicted molar refractivity (Wildman–Crippen MR) is 76.9 cm³/mol. The molecule has 1 heterocycles. The van der Waals surface area contributed by atoms with Crippen LogP contribution in [-0.2, 0) is 14.3 Å². The summed E-state index contributed by atoms with van der Waals surface area (Å²) in [5, 5.41) is 0. The van der Waals surface area contributed by atoms with Crippen molar-refractivity contribution in [2.45, 2.75) is 45.1 Å². The van der Waals surface area contributed by atoms with Gasteiger partial charge in [-0.25, -0.2) is 4.79 Å². The van der Waals surface area contributed by atoms with Crippen molar-refractivity contribution < 1.29 is 14.3 Å². The van der Waals surface area contributed by atoms with Crippen molar-refractivity contribution >= 4 is 17.5 Å². The number of ether oxygens (including phenoxy) is 1. The molecule has 5 nitrogen and oxygen atoms in total. The minimum atomic E-state index is -0.901. The maximum Gasteiger partial charge on any atom is 0.333 e. The van der Waals surface area contributed by atoms with E-state index in [1.54, 1.807) is 13.8 Å². The Bertz CT molecular complexity index is 458. The molecule has 2 unspecified atom stereocenters. The standard InChI is InChI=1S/C15H24N2O3/c1-5-20-13(19)14(2)10-15(8-6-7-12(15)18)11(16-14)9-17(3)4/h5-10H2,1-4H3. The minimum Gasteiger partial charge on any atom is -0.464 e. The van der Waals surface area contributed by atoms with Crippen LogP contribution < -0.4 is 0 Å². The third-order valence-electron chi connectivity index (χ3n) is 4.30. The lowest BCUT2D eigenvalue weighted by Gasteiger charge is -2.27. The summed E-state index contributed by atoms with van der Waals surface area (Å²) in [7, 11) is 3.91. The highest BCUT2D eigenvalue weighted by molar-refractivity contribution is 6.14. The van der Waals surface area contributed by atoms with Gasteiger partial charge in [-0.2, -0.15) is 0 Å². The van der Waals surface area contributed by atoms with E-state index < -0.39 is 11.0 Å². The van der Waals surface area contributed by atoms with Gasteiger partial charge in [-0.1, -0.05) is 0 Å². The number of hydrogen-bond acceptors (Lipinski definition) is 5. The molecule has 1 aliphatic carbocycles. The smallest absolute Gasteiger partial charge is 0.333 e. The van der Waals surface area contributed by atoms with E-state index >= 15 is 0 Å². The summed E-state index contributed by atoms with van der Waals surface area (Å²) in [6.45, 7) is 4.55. The quantitative estimate of drug-likeness (QED) is 0.731. The van der Waals surface area contributed by atoms with E-state index in [9.17, 15) is 9.59 Å². The van der Waals surface area contributed by atoms with Gasteiger partial charge in [-0.15, -0.1) is 0 Å². The Morgan fingerprint density at radius 3 is 2.65 bits per heavy atom. The van der Waals surface area contributed by atoms with Gasteiger partial charge in [0, 0.05) is 25.1 Å². The lowest BCUT2D eigenvalue weighted by molar-refractivity contribution is -0.149. The summed E-state index contributed by atoms with van der Waals surface area (Å²) >= 11 is 0. The van der Waals surface area contributed by atoms with Gasteiger partial charge in [-0.3, -0.25) is 9.79 Å². The Balaban J connectivity index is 2.35. The summed E-state index contributed by atoms with van der Waals surface area (Å²) in [6, 6.07) is 0. The summed E-state index contributed by atoms with van der Waals surface area (Å²) < 4.78 is 5.15. The fraction of sp³-hybridized carbons (Fsp3) is 0.800. The molecule has 20 heavy (non-hydrogen) atoms. The maximum atomic E-state index is 12.4. The van der Waals surface area contributed by atoms with Crippen LogP contribution in [0.4, 0.5) is 0 Å². The van der Waals surface area contributed by atoms with E-state index in [-0.39, 0.29) is 11.8 Å². The third kappa shape index (κ3) is 2.39. The number of ketones is 1. The first-order valence-corrected chi connectivity index (χ1v) is 7.28. The molecule has 1 aliphatic heterocycles. The number of aliphatic imine (C=N–C) groups is 1. The Hall–Kier alpha value is -1.23. The highest BCUT2D eigenvalue weighted by atomic mass is 16.5. The molecule has 0 amide bonds. The highest BCUT2D eigenvalue weighted by Crippen LogP contribution is 2.49. The van der Waals surface area contributed by atoms with Crippen molar-refractivity contribution in [1.29, 1.82) is 0 Å².